The lowest BCUT2D eigenvalue weighted by molar-refractivity contribution is -0.00353. The first-order valence-corrected chi connectivity index (χ1v) is 9.99. The summed E-state index contributed by atoms with van der Waals surface area (Å²) in [5, 5.41) is 0. The van der Waals surface area contributed by atoms with Crippen molar-refractivity contribution in [2.75, 3.05) is 19.6 Å². The Kier molecular flexibility index (Phi) is 4.05. The molecule has 140 valence electrons. The van der Waals surface area contributed by atoms with Gasteiger partial charge in [-0.1, -0.05) is 42.0 Å². The predicted octanol–water partition coefficient (Wildman–Crippen LogP) is 3.84. The van der Waals surface area contributed by atoms with Crippen LogP contribution in [0.4, 0.5) is 4.39 Å². The minimum atomic E-state index is -0.417. The first-order valence-electron chi connectivity index (χ1n) is 9.99. The second-order valence-corrected chi connectivity index (χ2v) is 8.31. The monoisotopic (exact) mass is 364 g/mol. The van der Waals surface area contributed by atoms with Crippen LogP contribution in [-0.2, 0) is 0 Å². The lowest BCUT2D eigenvalue weighted by Crippen LogP contribution is -2.60. The molecule has 3 nitrogen and oxygen atoms in total. The Balaban J connectivity index is 1.53. The number of carbonyl (C=O) groups is 1. The zero-order chi connectivity index (χ0) is 18.5. The number of hydrogen-bond donors (Lipinski definition) is 0. The van der Waals surface area contributed by atoms with Crippen LogP contribution in [0, 0.1) is 18.7 Å². The lowest BCUT2D eigenvalue weighted by Gasteiger charge is -2.51. The van der Waals surface area contributed by atoms with Crippen LogP contribution in [0.25, 0.3) is 0 Å². The third-order valence-electron chi connectivity index (χ3n) is 6.86. The van der Waals surface area contributed by atoms with Gasteiger partial charge in [0.15, 0.2) is 0 Å². The SMILES string of the molecule is Cc1ccc([C@@H]2CN(C(=O)c3ccccc3F)[C@@H]3C4CCN(CC4)[C@@H]32)cc1. The van der Waals surface area contributed by atoms with Crippen LogP contribution in [0.5, 0.6) is 0 Å². The fourth-order valence-electron chi connectivity index (χ4n) is 5.55. The van der Waals surface area contributed by atoms with Crippen molar-refractivity contribution in [1.82, 2.24) is 9.80 Å². The van der Waals surface area contributed by atoms with Crippen LogP contribution in [0.15, 0.2) is 48.5 Å². The van der Waals surface area contributed by atoms with Crippen molar-refractivity contribution in [2.24, 2.45) is 5.92 Å². The largest absolute Gasteiger partial charge is 0.333 e. The maximum absolute atomic E-state index is 14.3. The first-order chi connectivity index (χ1) is 13.1. The quantitative estimate of drug-likeness (QED) is 0.808. The lowest BCUT2D eigenvalue weighted by atomic mass is 9.75. The number of fused-ring (bicyclic) bond motifs is 2. The number of hydrogen-bond acceptors (Lipinski definition) is 2. The molecule has 2 aromatic rings. The third-order valence-corrected chi connectivity index (χ3v) is 6.86. The Bertz CT molecular complexity index is 857. The van der Waals surface area contributed by atoms with Crippen molar-refractivity contribution in [3.05, 3.63) is 71.0 Å². The number of aryl methyl sites for hydroxylation is 1. The minimum absolute atomic E-state index is 0.147. The smallest absolute Gasteiger partial charge is 0.257 e. The molecule has 27 heavy (non-hydrogen) atoms. The van der Waals surface area contributed by atoms with Crippen molar-refractivity contribution >= 4 is 5.91 Å². The highest BCUT2D eigenvalue weighted by atomic mass is 19.1. The van der Waals surface area contributed by atoms with E-state index in [0.717, 1.165) is 25.9 Å². The number of amides is 1. The van der Waals surface area contributed by atoms with Gasteiger partial charge in [-0.05, 0) is 56.5 Å². The molecule has 2 aromatic carbocycles. The van der Waals surface area contributed by atoms with Crippen molar-refractivity contribution in [2.45, 2.75) is 37.8 Å². The number of carbonyl (C=O) groups excluding carboxylic acids is 1. The van der Waals surface area contributed by atoms with E-state index in [4.69, 9.17) is 0 Å². The highest BCUT2D eigenvalue weighted by Gasteiger charge is 2.54. The van der Waals surface area contributed by atoms with Gasteiger partial charge >= 0.3 is 0 Å². The van der Waals surface area contributed by atoms with E-state index in [9.17, 15) is 9.18 Å². The fraction of sp³-hybridized carbons (Fsp3) is 0.435. The summed E-state index contributed by atoms with van der Waals surface area (Å²) in [4.78, 5) is 17.9. The van der Waals surface area contributed by atoms with Gasteiger partial charge < -0.3 is 4.90 Å². The summed E-state index contributed by atoms with van der Waals surface area (Å²) in [6, 6.07) is 15.7. The summed E-state index contributed by atoms with van der Waals surface area (Å²) in [7, 11) is 0. The molecule has 0 spiro atoms. The van der Waals surface area contributed by atoms with Gasteiger partial charge in [-0.3, -0.25) is 9.69 Å². The average Bonchev–Trinajstić information content (AvgIpc) is 3.12. The van der Waals surface area contributed by atoms with Gasteiger partial charge in [0.2, 0.25) is 0 Å². The molecule has 4 saturated heterocycles. The Morgan fingerprint density at radius 2 is 1.70 bits per heavy atom. The van der Waals surface area contributed by atoms with Gasteiger partial charge in [0.25, 0.3) is 5.91 Å². The molecular weight excluding hydrogens is 339 g/mol. The van der Waals surface area contributed by atoms with Crippen LogP contribution in [0.2, 0.25) is 0 Å². The van der Waals surface area contributed by atoms with E-state index in [2.05, 4.69) is 36.1 Å². The second-order valence-electron chi connectivity index (χ2n) is 8.31. The molecule has 0 unspecified atom stereocenters. The highest BCUT2D eigenvalue weighted by molar-refractivity contribution is 5.95. The number of halogens is 1. The Hall–Kier alpha value is -2.20. The number of nitrogens with zero attached hydrogens (tertiary/aromatic N) is 2. The topological polar surface area (TPSA) is 23.6 Å². The average molecular weight is 364 g/mol. The molecule has 4 heterocycles. The predicted molar refractivity (Wildman–Crippen MR) is 103 cm³/mol. The Labute approximate surface area is 159 Å². The van der Waals surface area contributed by atoms with Gasteiger partial charge in [-0.2, -0.15) is 0 Å². The molecule has 3 atom stereocenters. The van der Waals surface area contributed by atoms with Gasteiger partial charge in [0.05, 0.1) is 11.6 Å². The standard InChI is InChI=1S/C23H25FN2O/c1-15-6-8-16(9-7-15)19-14-26(23(27)18-4-2-3-5-20(18)24)21-17-10-12-25(13-11-17)22(19)21/h2-9,17,19,21-22H,10-14H2,1H3/t19-,21+,22+/m0/s1. The highest BCUT2D eigenvalue weighted by Crippen LogP contribution is 2.47. The number of rotatable bonds is 2. The Morgan fingerprint density at radius 1 is 1.00 bits per heavy atom. The van der Waals surface area contributed by atoms with Crippen LogP contribution >= 0.6 is 0 Å². The second kappa shape index (κ2) is 6.45. The normalized spacial score (nSPS) is 31.8. The molecule has 4 aliphatic rings. The maximum atomic E-state index is 14.3. The zero-order valence-electron chi connectivity index (χ0n) is 15.6. The number of benzene rings is 2. The molecule has 0 N–H and O–H groups in total. The van der Waals surface area contributed by atoms with Crippen LogP contribution in [0.3, 0.4) is 0 Å². The minimum Gasteiger partial charge on any atom is -0.333 e. The summed E-state index contributed by atoms with van der Waals surface area (Å²) in [5.41, 5.74) is 2.75. The van der Waals surface area contributed by atoms with E-state index in [1.807, 2.05) is 4.90 Å². The van der Waals surface area contributed by atoms with Gasteiger partial charge in [0.1, 0.15) is 5.82 Å². The molecule has 6 rings (SSSR count). The van der Waals surface area contributed by atoms with E-state index in [1.54, 1.807) is 18.2 Å². The fourth-order valence-corrected chi connectivity index (χ4v) is 5.55. The summed E-state index contributed by atoms with van der Waals surface area (Å²) in [6.07, 6.45) is 2.28. The number of likely N-dealkylation sites (tertiary alicyclic amines) is 1. The molecule has 4 heteroatoms. The molecule has 0 radical (unpaired) electrons. The maximum Gasteiger partial charge on any atom is 0.257 e. The molecule has 4 aliphatic heterocycles. The zero-order valence-corrected chi connectivity index (χ0v) is 15.6. The summed E-state index contributed by atoms with van der Waals surface area (Å²) < 4.78 is 14.3. The molecule has 0 saturated carbocycles. The van der Waals surface area contributed by atoms with E-state index in [1.165, 1.54) is 17.2 Å². The van der Waals surface area contributed by atoms with Crippen molar-refractivity contribution in [1.29, 1.82) is 0 Å². The molecule has 0 aromatic heterocycles. The summed E-state index contributed by atoms with van der Waals surface area (Å²) in [6.45, 7) is 5.02. The van der Waals surface area contributed by atoms with E-state index in [0.29, 0.717) is 24.4 Å². The van der Waals surface area contributed by atoms with Gasteiger partial charge in [-0.15, -0.1) is 0 Å². The van der Waals surface area contributed by atoms with Crippen molar-refractivity contribution < 1.29 is 9.18 Å². The summed E-state index contributed by atoms with van der Waals surface area (Å²) in [5.74, 6) is 0.270. The molecular formula is C23H25FN2O. The molecule has 1 amide bonds. The van der Waals surface area contributed by atoms with Crippen LogP contribution in [0.1, 0.15) is 40.2 Å². The van der Waals surface area contributed by atoms with Gasteiger partial charge in [-0.25, -0.2) is 4.39 Å². The third kappa shape index (κ3) is 2.69. The number of piperidine rings is 3. The molecule has 2 bridgehead atoms. The van der Waals surface area contributed by atoms with E-state index < -0.39 is 5.82 Å². The van der Waals surface area contributed by atoms with Crippen molar-refractivity contribution in [3.8, 4) is 0 Å². The van der Waals surface area contributed by atoms with Gasteiger partial charge in [0, 0.05) is 18.5 Å². The van der Waals surface area contributed by atoms with E-state index in [-0.39, 0.29) is 17.5 Å². The van der Waals surface area contributed by atoms with E-state index >= 15 is 0 Å². The molecule has 4 fully saturated rings. The Morgan fingerprint density at radius 3 is 2.41 bits per heavy atom. The van der Waals surface area contributed by atoms with Crippen LogP contribution in [-0.4, -0.2) is 47.4 Å². The van der Waals surface area contributed by atoms with Crippen molar-refractivity contribution in [3.63, 3.8) is 0 Å². The first kappa shape index (κ1) is 16.9. The van der Waals surface area contributed by atoms with Crippen LogP contribution < -0.4 is 0 Å². The summed E-state index contributed by atoms with van der Waals surface area (Å²) >= 11 is 0. The molecule has 0 aliphatic carbocycles.